The minimum atomic E-state index is -1.09. The fourth-order valence-electron chi connectivity index (χ4n) is 2.27. The maximum atomic E-state index is 12.8. The number of carbonyl (C=O) groups is 2. The summed E-state index contributed by atoms with van der Waals surface area (Å²) in [4.78, 5) is 24.9. The van der Waals surface area contributed by atoms with Crippen LogP contribution in [0.15, 0.2) is 36.4 Å². The number of aliphatic carboxylic acids is 1. The van der Waals surface area contributed by atoms with Crippen LogP contribution in [0.1, 0.15) is 22.8 Å². The molecule has 2 aromatic rings. The first-order chi connectivity index (χ1) is 12.3. The fourth-order valence-corrected chi connectivity index (χ4v) is 2.44. The monoisotopic (exact) mass is 377 g/mol. The first-order valence-corrected chi connectivity index (χ1v) is 8.37. The van der Waals surface area contributed by atoms with E-state index >= 15 is 0 Å². The average Bonchev–Trinajstić information content (AvgIpc) is 2.61. The van der Waals surface area contributed by atoms with Crippen molar-refractivity contribution in [2.24, 2.45) is 0 Å². The number of halogens is 1. The van der Waals surface area contributed by atoms with Gasteiger partial charge in [0.25, 0.3) is 5.91 Å². The number of rotatable bonds is 7. The highest BCUT2D eigenvalue weighted by Crippen LogP contribution is 2.30. The maximum absolute atomic E-state index is 12.8. The standard InChI is InChI=1S/C19H20ClNO5/c1-4-25-17-9-13(6-8-16(17)26-11-18(22)23)19(24)21(3)14-7-5-12(2)15(20)10-14/h5-10H,4,11H2,1-3H3,(H,22,23). The number of carboxylic acids is 1. The lowest BCUT2D eigenvalue weighted by atomic mass is 10.1. The van der Waals surface area contributed by atoms with Gasteiger partial charge >= 0.3 is 5.97 Å². The molecule has 2 aromatic carbocycles. The van der Waals surface area contributed by atoms with Gasteiger partial charge < -0.3 is 19.5 Å². The number of carboxylic acid groups (broad SMARTS) is 1. The van der Waals surface area contributed by atoms with E-state index in [1.54, 1.807) is 26.1 Å². The SMILES string of the molecule is CCOc1cc(C(=O)N(C)c2ccc(C)c(Cl)c2)ccc1OCC(=O)O. The molecule has 2 rings (SSSR count). The molecule has 0 bridgehead atoms. The van der Waals surface area contributed by atoms with Crippen LogP contribution >= 0.6 is 11.6 Å². The van der Waals surface area contributed by atoms with Crippen molar-refractivity contribution in [1.82, 2.24) is 0 Å². The summed E-state index contributed by atoms with van der Waals surface area (Å²) >= 11 is 6.13. The summed E-state index contributed by atoms with van der Waals surface area (Å²) in [7, 11) is 1.65. The molecule has 0 heterocycles. The van der Waals surface area contributed by atoms with E-state index in [0.717, 1.165) is 5.56 Å². The lowest BCUT2D eigenvalue weighted by Crippen LogP contribution is -2.26. The largest absolute Gasteiger partial charge is 0.490 e. The van der Waals surface area contributed by atoms with E-state index in [2.05, 4.69) is 0 Å². The van der Waals surface area contributed by atoms with Crippen molar-refractivity contribution in [2.75, 3.05) is 25.2 Å². The Balaban J connectivity index is 2.28. The number of benzene rings is 2. The Morgan fingerprint density at radius 3 is 2.46 bits per heavy atom. The predicted octanol–water partition coefficient (Wildman–Crippen LogP) is 3.79. The third-order valence-electron chi connectivity index (χ3n) is 3.69. The highest BCUT2D eigenvalue weighted by atomic mass is 35.5. The molecule has 0 saturated carbocycles. The summed E-state index contributed by atoms with van der Waals surface area (Å²) < 4.78 is 10.7. The third kappa shape index (κ3) is 4.67. The van der Waals surface area contributed by atoms with Crippen LogP contribution in [0, 0.1) is 6.92 Å². The molecule has 0 atom stereocenters. The molecular weight excluding hydrogens is 358 g/mol. The summed E-state index contributed by atoms with van der Waals surface area (Å²) in [6.45, 7) is 3.54. The fraction of sp³-hybridized carbons (Fsp3) is 0.263. The number of nitrogens with zero attached hydrogens (tertiary/aromatic N) is 1. The number of amides is 1. The average molecular weight is 378 g/mol. The van der Waals surface area contributed by atoms with Crippen LogP contribution in [-0.4, -0.2) is 37.2 Å². The van der Waals surface area contributed by atoms with Crippen LogP contribution in [0.5, 0.6) is 11.5 Å². The lowest BCUT2D eigenvalue weighted by molar-refractivity contribution is -0.139. The minimum absolute atomic E-state index is 0.254. The summed E-state index contributed by atoms with van der Waals surface area (Å²) in [6.07, 6.45) is 0. The quantitative estimate of drug-likeness (QED) is 0.794. The van der Waals surface area contributed by atoms with Crippen LogP contribution in [0.4, 0.5) is 5.69 Å². The number of hydrogen-bond acceptors (Lipinski definition) is 4. The van der Waals surface area contributed by atoms with Crippen molar-refractivity contribution in [3.8, 4) is 11.5 Å². The van der Waals surface area contributed by atoms with E-state index in [0.29, 0.717) is 28.6 Å². The Morgan fingerprint density at radius 2 is 1.85 bits per heavy atom. The molecule has 0 aliphatic rings. The highest BCUT2D eigenvalue weighted by Gasteiger charge is 2.17. The molecule has 0 aromatic heterocycles. The van der Waals surface area contributed by atoms with Crippen molar-refractivity contribution in [3.05, 3.63) is 52.5 Å². The van der Waals surface area contributed by atoms with Crippen LogP contribution in [0.25, 0.3) is 0 Å². The number of hydrogen-bond donors (Lipinski definition) is 1. The van der Waals surface area contributed by atoms with Gasteiger partial charge in [-0.25, -0.2) is 4.79 Å². The van der Waals surface area contributed by atoms with Gasteiger partial charge in [0, 0.05) is 23.3 Å². The topological polar surface area (TPSA) is 76.1 Å². The van der Waals surface area contributed by atoms with E-state index in [4.69, 9.17) is 26.2 Å². The maximum Gasteiger partial charge on any atom is 0.341 e. The van der Waals surface area contributed by atoms with Crippen LogP contribution in [0.3, 0.4) is 0 Å². The molecule has 0 spiro atoms. The Kier molecular flexibility index (Phi) is 6.46. The molecule has 0 radical (unpaired) electrons. The summed E-state index contributed by atoms with van der Waals surface area (Å²) in [5.41, 5.74) is 1.97. The predicted molar refractivity (Wildman–Crippen MR) is 99.7 cm³/mol. The van der Waals surface area contributed by atoms with Gasteiger partial charge in [-0.1, -0.05) is 17.7 Å². The Hall–Kier alpha value is -2.73. The molecule has 6 nitrogen and oxygen atoms in total. The molecule has 1 N–H and O–H groups in total. The molecule has 138 valence electrons. The smallest absolute Gasteiger partial charge is 0.341 e. The van der Waals surface area contributed by atoms with Gasteiger partial charge in [0.2, 0.25) is 0 Å². The lowest BCUT2D eigenvalue weighted by Gasteiger charge is -2.19. The second-order valence-corrected chi connectivity index (χ2v) is 5.98. The Bertz CT molecular complexity index is 822. The zero-order valence-electron chi connectivity index (χ0n) is 14.8. The van der Waals surface area contributed by atoms with Gasteiger partial charge in [-0.3, -0.25) is 4.79 Å². The van der Waals surface area contributed by atoms with Gasteiger partial charge in [-0.05, 0) is 49.7 Å². The van der Waals surface area contributed by atoms with E-state index in [-0.39, 0.29) is 11.7 Å². The van der Waals surface area contributed by atoms with E-state index in [1.807, 2.05) is 19.1 Å². The van der Waals surface area contributed by atoms with E-state index in [9.17, 15) is 9.59 Å². The highest BCUT2D eigenvalue weighted by molar-refractivity contribution is 6.31. The van der Waals surface area contributed by atoms with Crippen molar-refractivity contribution < 1.29 is 24.2 Å². The molecule has 1 amide bonds. The first-order valence-electron chi connectivity index (χ1n) is 7.99. The molecular formula is C19H20ClNO5. The molecule has 26 heavy (non-hydrogen) atoms. The van der Waals surface area contributed by atoms with Crippen LogP contribution < -0.4 is 14.4 Å². The Labute approximate surface area is 156 Å². The second kappa shape index (κ2) is 8.58. The number of ether oxygens (including phenoxy) is 2. The first kappa shape index (κ1) is 19.6. The molecule has 0 aliphatic heterocycles. The summed E-state index contributed by atoms with van der Waals surface area (Å²) in [6, 6.07) is 10.0. The van der Waals surface area contributed by atoms with Crippen LogP contribution in [-0.2, 0) is 4.79 Å². The van der Waals surface area contributed by atoms with Crippen molar-refractivity contribution in [1.29, 1.82) is 0 Å². The minimum Gasteiger partial charge on any atom is -0.490 e. The molecule has 0 saturated heterocycles. The molecule has 0 fully saturated rings. The third-order valence-corrected chi connectivity index (χ3v) is 4.10. The van der Waals surface area contributed by atoms with Gasteiger partial charge in [-0.15, -0.1) is 0 Å². The molecule has 0 unspecified atom stereocenters. The molecule has 0 aliphatic carbocycles. The summed E-state index contributed by atoms with van der Waals surface area (Å²) in [5.74, 6) is -0.763. The van der Waals surface area contributed by atoms with Crippen LogP contribution in [0.2, 0.25) is 5.02 Å². The van der Waals surface area contributed by atoms with Gasteiger partial charge in [0.05, 0.1) is 6.61 Å². The number of anilines is 1. The van der Waals surface area contributed by atoms with Gasteiger partial charge in [0.1, 0.15) is 0 Å². The van der Waals surface area contributed by atoms with Crippen molar-refractivity contribution in [3.63, 3.8) is 0 Å². The number of aryl methyl sites for hydroxylation is 1. The van der Waals surface area contributed by atoms with E-state index < -0.39 is 12.6 Å². The van der Waals surface area contributed by atoms with Gasteiger partial charge in [0.15, 0.2) is 18.1 Å². The Morgan fingerprint density at radius 1 is 1.12 bits per heavy atom. The summed E-state index contributed by atoms with van der Waals surface area (Å²) in [5, 5.41) is 9.32. The normalized spacial score (nSPS) is 10.3. The van der Waals surface area contributed by atoms with Crippen molar-refractivity contribution in [2.45, 2.75) is 13.8 Å². The van der Waals surface area contributed by atoms with E-state index in [1.165, 1.54) is 17.0 Å². The zero-order chi connectivity index (χ0) is 19.3. The van der Waals surface area contributed by atoms with Gasteiger partial charge in [-0.2, -0.15) is 0 Å². The molecule has 7 heteroatoms. The zero-order valence-corrected chi connectivity index (χ0v) is 15.5. The van der Waals surface area contributed by atoms with Crippen molar-refractivity contribution >= 4 is 29.2 Å². The number of carbonyl (C=O) groups excluding carboxylic acids is 1. The second-order valence-electron chi connectivity index (χ2n) is 5.57.